The number of carbonyl (C=O) groups is 2. The predicted molar refractivity (Wildman–Crippen MR) is 78.9 cm³/mol. The lowest BCUT2D eigenvalue weighted by Crippen LogP contribution is -2.50. The Morgan fingerprint density at radius 3 is 2.60 bits per heavy atom. The molecule has 1 aromatic carbocycles. The number of nitrogens with one attached hydrogen (secondary N) is 1. The van der Waals surface area contributed by atoms with Crippen LogP contribution in [0.25, 0.3) is 0 Å². The molecule has 110 valence electrons. The zero-order valence-electron chi connectivity index (χ0n) is 11.7. The van der Waals surface area contributed by atoms with Crippen molar-refractivity contribution in [1.29, 1.82) is 0 Å². The van der Waals surface area contributed by atoms with E-state index in [9.17, 15) is 9.59 Å². The number of aliphatic carboxylic acids is 1. The quantitative estimate of drug-likeness (QED) is 0.831. The Balaban J connectivity index is 2.89. The Bertz CT molecular complexity index is 518. The van der Waals surface area contributed by atoms with Crippen molar-refractivity contribution in [2.45, 2.75) is 25.8 Å². The van der Waals surface area contributed by atoms with E-state index in [2.05, 4.69) is 21.2 Å². The molecule has 0 saturated heterocycles. The fourth-order valence-corrected chi connectivity index (χ4v) is 2.24. The van der Waals surface area contributed by atoms with E-state index in [0.29, 0.717) is 5.56 Å². The molecule has 0 spiro atoms. The average molecular weight is 344 g/mol. The number of carboxylic acids is 1. The third kappa shape index (κ3) is 4.61. The number of hydrogen-bond acceptors (Lipinski definition) is 3. The number of amides is 1. The molecule has 1 amide bonds. The van der Waals surface area contributed by atoms with Gasteiger partial charge >= 0.3 is 5.97 Å². The van der Waals surface area contributed by atoms with E-state index in [1.807, 2.05) is 13.0 Å². The summed E-state index contributed by atoms with van der Waals surface area (Å²) in [6, 6.07) is 5.23. The Kier molecular flexibility index (Phi) is 5.71. The molecule has 20 heavy (non-hydrogen) atoms. The second-order valence-electron chi connectivity index (χ2n) is 4.98. The Hall–Kier alpha value is -1.40. The fraction of sp³-hybridized carbons (Fsp3) is 0.429. The molecule has 0 aliphatic carbocycles. The Morgan fingerprint density at radius 2 is 2.10 bits per heavy atom. The number of aryl methyl sites for hydroxylation is 1. The molecular weight excluding hydrogens is 326 g/mol. The maximum Gasteiger partial charge on any atom is 0.305 e. The minimum Gasteiger partial charge on any atom is -0.481 e. The molecule has 0 aliphatic rings. The molecule has 1 aromatic rings. The summed E-state index contributed by atoms with van der Waals surface area (Å²) < 4.78 is 5.83. The molecule has 6 heteroatoms. The van der Waals surface area contributed by atoms with Crippen molar-refractivity contribution in [3.8, 4) is 0 Å². The van der Waals surface area contributed by atoms with Gasteiger partial charge in [0.2, 0.25) is 0 Å². The van der Waals surface area contributed by atoms with Crippen molar-refractivity contribution in [2.75, 3.05) is 13.7 Å². The van der Waals surface area contributed by atoms with E-state index >= 15 is 0 Å². The minimum atomic E-state index is -0.991. The van der Waals surface area contributed by atoms with E-state index in [1.54, 1.807) is 19.1 Å². The lowest BCUT2D eigenvalue weighted by Gasteiger charge is -2.28. The highest BCUT2D eigenvalue weighted by Gasteiger charge is 2.30. The van der Waals surface area contributed by atoms with Crippen molar-refractivity contribution in [1.82, 2.24) is 5.32 Å². The van der Waals surface area contributed by atoms with Crippen LogP contribution >= 0.6 is 15.9 Å². The van der Waals surface area contributed by atoms with Crippen molar-refractivity contribution in [3.05, 3.63) is 33.8 Å². The van der Waals surface area contributed by atoms with Crippen molar-refractivity contribution in [2.24, 2.45) is 0 Å². The summed E-state index contributed by atoms with van der Waals surface area (Å²) in [6.45, 7) is 3.69. The molecule has 0 aliphatic heterocycles. The zero-order chi connectivity index (χ0) is 15.3. The maximum atomic E-state index is 12.2. The van der Waals surface area contributed by atoms with Crippen LogP contribution in [0, 0.1) is 6.92 Å². The van der Waals surface area contributed by atoms with Crippen molar-refractivity contribution >= 4 is 27.8 Å². The number of benzene rings is 1. The number of rotatable bonds is 6. The molecule has 1 unspecified atom stereocenters. The molecule has 0 radical (unpaired) electrons. The van der Waals surface area contributed by atoms with E-state index in [0.717, 1.165) is 10.0 Å². The second kappa shape index (κ2) is 6.85. The molecule has 0 heterocycles. The molecule has 0 saturated carbocycles. The highest BCUT2D eigenvalue weighted by atomic mass is 79.9. The first-order valence-electron chi connectivity index (χ1n) is 6.07. The average Bonchev–Trinajstić information content (AvgIpc) is 2.31. The Morgan fingerprint density at radius 1 is 1.45 bits per heavy atom. The molecular formula is C14H18BrNO4. The summed E-state index contributed by atoms with van der Waals surface area (Å²) in [7, 11) is 1.47. The van der Waals surface area contributed by atoms with E-state index in [-0.39, 0.29) is 18.9 Å². The smallest absolute Gasteiger partial charge is 0.305 e. The fourth-order valence-electron chi connectivity index (χ4n) is 1.86. The van der Waals surface area contributed by atoms with Crippen LogP contribution in [0.4, 0.5) is 0 Å². The first-order valence-corrected chi connectivity index (χ1v) is 6.86. The van der Waals surface area contributed by atoms with Crippen LogP contribution < -0.4 is 5.32 Å². The van der Waals surface area contributed by atoms with Crippen LogP contribution in [0.15, 0.2) is 22.7 Å². The van der Waals surface area contributed by atoms with Crippen molar-refractivity contribution < 1.29 is 19.4 Å². The number of methoxy groups -OCH3 is 1. The van der Waals surface area contributed by atoms with Crippen LogP contribution in [0.2, 0.25) is 0 Å². The van der Waals surface area contributed by atoms with Gasteiger partial charge in [-0.25, -0.2) is 0 Å². The number of hydrogen-bond donors (Lipinski definition) is 2. The van der Waals surface area contributed by atoms with Gasteiger partial charge in [-0.3, -0.25) is 9.59 Å². The summed E-state index contributed by atoms with van der Waals surface area (Å²) >= 11 is 3.37. The van der Waals surface area contributed by atoms with Crippen LogP contribution in [0.5, 0.6) is 0 Å². The van der Waals surface area contributed by atoms with Crippen LogP contribution in [0.3, 0.4) is 0 Å². The van der Waals surface area contributed by atoms with Gasteiger partial charge in [-0.05, 0) is 31.5 Å². The number of ether oxygens (including phenoxy) is 1. The maximum absolute atomic E-state index is 12.2. The minimum absolute atomic E-state index is 0.123. The highest BCUT2D eigenvalue weighted by molar-refractivity contribution is 9.10. The lowest BCUT2D eigenvalue weighted by atomic mass is 9.98. The normalized spacial score (nSPS) is 13.6. The second-order valence-corrected chi connectivity index (χ2v) is 5.84. The van der Waals surface area contributed by atoms with E-state index in [1.165, 1.54) is 7.11 Å². The summed E-state index contributed by atoms with van der Waals surface area (Å²) in [6.07, 6.45) is -0.209. The summed E-state index contributed by atoms with van der Waals surface area (Å²) in [4.78, 5) is 23.1. The Labute approximate surface area is 126 Å². The van der Waals surface area contributed by atoms with Gasteiger partial charge in [0.25, 0.3) is 5.91 Å². The highest BCUT2D eigenvalue weighted by Crippen LogP contribution is 2.19. The third-order valence-electron chi connectivity index (χ3n) is 2.85. The van der Waals surface area contributed by atoms with Gasteiger partial charge in [0, 0.05) is 17.1 Å². The van der Waals surface area contributed by atoms with E-state index in [4.69, 9.17) is 9.84 Å². The number of carbonyl (C=O) groups excluding carboxylic acids is 1. The predicted octanol–water partition coefficient (Wildman–Crippen LogP) is 2.37. The largest absolute Gasteiger partial charge is 0.481 e. The summed E-state index contributed by atoms with van der Waals surface area (Å²) in [5, 5.41) is 11.6. The molecule has 1 atom stereocenters. The SMILES string of the molecule is COCC(C)(CC(=O)O)NC(=O)c1ccc(C)c(Br)c1. The van der Waals surface area contributed by atoms with Gasteiger partial charge in [0.15, 0.2) is 0 Å². The van der Waals surface area contributed by atoms with Gasteiger partial charge in [-0.1, -0.05) is 22.0 Å². The first-order chi connectivity index (χ1) is 9.27. The topological polar surface area (TPSA) is 75.6 Å². The standard InChI is InChI=1S/C14H18BrNO4/c1-9-4-5-10(6-11(9)15)13(19)16-14(2,8-20-3)7-12(17)18/h4-6H,7-8H2,1-3H3,(H,16,19)(H,17,18). The lowest BCUT2D eigenvalue weighted by molar-refractivity contribution is -0.139. The van der Waals surface area contributed by atoms with Gasteiger partial charge in [0.05, 0.1) is 18.6 Å². The number of carboxylic acid groups (broad SMARTS) is 1. The van der Waals surface area contributed by atoms with Gasteiger partial charge in [-0.2, -0.15) is 0 Å². The summed E-state index contributed by atoms with van der Waals surface area (Å²) in [5.41, 5.74) is 0.539. The first kappa shape index (κ1) is 16.7. The van der Waals surface area contributed by atoms with Crippen LogP contribution in [0.1, 0.15) is 29.3 Å². The molecule has 5 nitrogen and oxygen atoms in total. The monoisotopic (exact) mass is 343 g/mol. The van der Waals surface area contributed by atoms with Crippen molar-refractivity contribution in [3.63, 3.8) is 0 Å². The van der Waals surface area contributed by atoms with Gasteiger partial charge in [-0.15, -0.1) is 0 Å². The molecule has 2 N–H and O–H groups in total. The van der Waals surface area contributed by atoms with Crippen LogP contribution in [-0.2, 0) is 9.53 Å². The zero-order valence-corrected chi connectivity index (χ0v) is 13.3. The van der Waals surface area contributed by atoms with Gasteiger partial charge < -0.3 is 15.2 Å². The summed E-state index contributed by atoms with van der Waals surface area (Å²) in [5.74, 6) is -1.32. The number of halogens is 1. The molecule has 0 aromatic heterocycles. The molecule has 0 bridgehead atoms. The van der Waals surface area contributed by atoms with E-state index < -0.39 is 11.5 Å². The molecule has 1 rings (SSSR count). The van der Waals surface area contributed by atoms with Gasteiger partial charge in [0.1, 0.15) is 0 Å². The van der Waals surface area contributed by atoms with Crippen LogP contribution in [-0.4, -0.2) is 36.2 Å². The molecule has 0 fully saturated rings. The third-order valence-corrected chi connectivity index (χ3v) is 3.71.